The summed E-state index contributed by atoms with van der Waals surface area (Å²) < 4.78 is 33.6. The SMILES string of the molecule is O=C(O)c1cc(NS(=O)(=O)c2ccc3c(c2)CCCC3)ccc1N1CCOCC1. The fraction of sp³-hybridized carbons (Fsp3) is 0.381. The standard InChI is InChI=1S/C21H24N2O5S/c24-21(25)19-14-17(6-8-20(19)23-9-11-28-12-10-23)22-29(26,27)18-7-5-15-3-1-2-4-16(15)13-18/h5-8,13-14,22H,1-4,9-12H2,(H,24,25). The lowest BCUT2D eigenvalue weighted by Crippen LogP contribution is -2.37. The fourth-order valence-corrected chi connectivity index (χ4v) is 5.04. The van der Waals surface area contributed by atoms with Crippen LogP contribution in [0.25, 0.3) is 0 Å². The minimum Gasteiger partial charge on any atom is -0.478 e. The zero-order valence-electron chi connectivity index (χ0n) is 16.1. The number of rotatable bonds is 5. The van der Waals surface area contributed by atoms with E-state index in [1.807, 2.05) is 11.0 Å². The number of hydrogen-bond donors (Lipinski definition) is 2. The third-order valence-electron chi connectivity index (χ3n) is 5.46. The van der Waals surface area contributed by atoms with E-state index < -0.39 is 16.0 Å². The summed E-state index contributed by atoms with van der Waals surface area (Å²) in [5.74, 6) is -1.10. The maximum atomic E-state index is 12.9. The maximum absolute atomic E-state index is 12.9. The molecule has 1 fully saturated rings. The first-order valence-corrected chi connectivity index (χ1v) is 11.3. The highest BCUT2D eigenvalue weighted by molar-refractivity contribution is 7.92. The van der Waals surface area contributed by atoms with E-state index in [9.17, 15) is 18.3 Å². The third kappa shape index (κ3) is 4.23. The highest BCUT2D eigenvalue weighted by Gasteiger charge is 2.22. The van der Waals surface area contributed by atoms with Gasteiger partial charge in [0.25, 0.3) is 10.0 Å². The largest absolute Gasteiger partial charge is 0.478 e. The predicted molar refractivity (Wildman–Crippen MR) is 110 cm³/mol. The third-order valence-corrected chi connectivity index (χ3v) is 6.84. The van der Waals surface area contributed by atoms with Crippen molar-refractivity contribution < 1.29 is 23.1 Å². The Bertz CT molecular complexity index is 1030. The number of carbonyl (C=O) groups is 1. The zero-order chi connectivity index (χ0) is 20.4. The van der Waals surface area contributed by atoms with Crippen molar-refractivity contribution in [3.8, 4) is 0 Å². The highest BCUT2D eigenvalue weighted by atomic mass is 32.2. The van der Waals surface area contributed by atoms with Gasteiger partial charge in [0.15, 0.2) is 0 Å². The molecule has 2 aliphatic rings. The van der Waals surface area contributed by atoms with Crippen LogP contribution in [0, 0.1) is 0 Å². The van der Waals surface area contributed by atoms with Crippen molar-refractivity contribution >= 4 is 27.4 Å². The molecule has 0 bridgehead atoms. The predicted octanol–water partition coefficient (Wildman–Crippen LogP) is 2.90. The first-order valence-electron chi connectivity index (χ1n) is 9.79. The van der Waals surface area contributed by atoms with Gasteiger partial charge in [-0.3, -0.25) is 4.72 Å². The Morgan fingerprint density at radius 2 is 1.72 bits per heavy atom. The summed E-state index contributed by atoms with van der Waals surface area (Å²) in [6.07, 6.45) is 4.06. The Kier molecular flexibility index (Phi) is 5.47. The number of carboxylic acid groups (broad SMARTS) is 1. The first kappa shape index (κ1) is 19.7. The Labute approximate surface area is 170 Å². The summed E-state index contributed by atoms with van der Waals surface area (Å²) in [5, 5.41) is 9.63. The number of aryl methyl sites for hydroxylation is 2. The maximum Gasteiger partial charge on any atom is 0.337 e. The fourth-order valence-electron chi connectivity index (χ4n) is 3.94. The van der Waals surface area contributed by atoms with Crippen LogP contribution in [0.15, 0.2) is 41.3 Å². The Morgan fingerprint density at radius 1 is 1.00 bits per heavy atom. The van der Waals surface area contributed by atoms with E-state index >= 15 is 0 Å². The molecule has 4 rings (SSSR count). The lowest BCUT2D eigenvalue weighted by Gasteiger charge is -2.30. The van der Waals surface area contributed by atoms with E-state index in [1.54, 1.807) is 24.3 Å². The van der Waals surface area contributed by atoms with Crippen molar-refractivity contribution in [3.63, 3.8) is 0 Å². The molecule has 2 aromatic carbocycles. The summed E-state index contributed by atoms with van der Waals surface area (Å²) in [6, 6.07) is 9.87. The number of morpholine rings is 1. The Balaban J connectivity index is 1.61. The minimum atomic E-state index is -3.80. The number of anilines is 2. The van der Waals surface area contributed by atoms with E-state index in [-0.39, 0.29) is 16.1 Å². The summed E-state index contributed by atoms with van der Waals surface area (Å²) >= 11 is 0. The van der Waals surface area contributed by atoms with Crippen LogP contribution in [0.4, 0.5) is 11.4 Å². The van der Waals surface area contributed by atoms with Gasteiger partial charge in [0.1, 0.15) is 0 Å². The minimum absolute atomic E-state index is 0.0672. The second kappa shape index (κ2) is 8.04. The van der Waals surface area contributed by atoms with Crippen LogP contribution in [-0.4, -0.2) is 45.8 Å². The molecule has 154 valence electrons. The first-order chi connectivity index (χ1) is 13.9. The van der Waals surface area contributed by atoms with E-state index in [2.05, 4.69) is 4.72 Å². The molecule has 0 radical (unpaired) electrons. The molecule has 0 unspecified atom stereocenters. The van der Waals surface area contributed by atoms with Crippen molar-refractivity contribution in [1.82, 2.24) is 0 Å². The molecular formula is C21H24N2O5S. The van der Waals surface area contributed by atoms with Crippen LogP contribution in [0.2, 0.25) is 0 Å². The zero-order valence-corrected chi connectivity index (χ0v) is 16.9. The van der Waals surface area contributed by atoms with Crippen LogP contribution in [0.5, 0.6) is 0 Å². The highest BCUT2D eigenvalue weighted by Crippen LogP contribution is 2.28. The van der Waals surface area contributed by atoms with E-state index in [4.69, 9.17) is 4.74 Å². The number of sulfonamides is 1. The monoisotopic (exact) mass is 416 g/mol. The molecule has 0 spiro atoms. The smallest absolute Gasteiger partial charge is 0.337 e. The Hall–Kier alpha value is -2.58. The molecule has 1 heterocycles. The second-order valence-electron chi connectivity index (χ2n) is 7.38. The molecule has 2 aromatic rings. The summed E-state index contributed by atoms with van der Waals surface area (Å²) in [7, 11) is -3.80. The van der Waals surface area contributed by atoms with Gasteiger partial charge in [-0.1, -0.05) is 6.07 Å². The molecule has 0 amide bonds. The molecule has 0 saturated carbocycles. The number of carboxylic acids is 1. The van der Waals surface area contributed by atoms with Crippen molar-refractivity contribution in [2.45, 2.75) is 30.6 Å². The van der Waals surface area contributed by atoms with Gasteiger partial charge in [0.2, 0.25) is 0 Å². The number of fused-ring (bicyclic) bond motifs is 1. The topological polar surface area (TPSA) is 95.9 Å². The lowest BCUT2D eigenvalue weighted by molar-refractivity contribution is 0.0696. The average molecular weight is 416 g/mol. The van der Waals surface area contributed by atoms with Crippen LogP contribution >= 0.6 is 0 Å². The van der Waals surface area contributed by atoms with Gasteiger partial charge < -0.3 is 14.7 Å². The summed E-state index contributed by atoms with van der Waals surface area (Å²) in [4.78, 5) is 13.9. The number of nitrogens with zero attached hydrogens (tertiary/aromatic N) is 1. The second-order valence-corrected chi connectivity index (χ2v) is 9.06. The molecule has 8 heteroatoms. The van der Waals surface area contributed by atoms with Gasteiger partial charge in [-0.05, 0) is 67.1 Å². The number of benzene rings is 2. The number of ether oxygens (including phenoxy) is 1. The number of hydrogen-bond acceptors (Lipinski definition) is 5. The quantitative estimate of drug-likeness (QED) is 0.778. The van der Waals surface area contributed by atoms with Crippen LogP contribution in [0.3, 0.4) is 0 Å². The normalized spacial score (nSPS) is 16.9. The Morgan fingerprint density at radius 3 is 2.45 bits per heavy atom. The molecule has 1 saturated heterocycles. The van der Waals surface area contributed by atoms with Gasteiger partial charge in [-0.2, -0.15) is 0 Å². The van der Waals surface area contributed by atoms with Gasteiger partial charge in [-0.15, -0.1) is 0 Å². The molecule has 1 aliphatic heterocycles. The van der Waals surface area contributed by atoms with Crippen LogP contribution in [0.1, 0.15) is 34.3 Å². The average Bonchev–Trinajstić information content (AvgIpc) is 2.73. The molecule has 7 nitrogen and oxygen atoms in total. The van der Waals surface area contributed by atoms with Crippen LogP contribution in [-0.2, 0) is 27.6 Å². The van der Waals surface area contributed by atoms with Crippen molar-refractivity contribution in [3.05, 3.63) is 53.1 Å². The number of nitrogens with one attached hydrogen (secondary N) is 1. The van der Waals surface area contributed by atoms with Crippen molar-refractivity contribution in [1.29, 1.82) is 0 Å². The van der Waals surface area contributed by atoms with Crippen molar-refractivity contribution in [2.75, 3.05) is 35.9 Å². The van der Waals surface area contributed by atoms with E-state index in [0.29, 0.717) is 32.0 Å². The van der Waals surface area contributed by atoms with Crippen LogP contribution < -0.4 is 9.62 Å². The van der Waals surface area contributed by atoms with Gasteiger partial charge >= 0.3 is 5.97 Å². The van der Waals surface area contributed by atoms with Crippen molar-refractivity contribution in [2.24, 2.45) is 0 Å². The van der Waals surface area contributed by atoms with E-state index in [1.165, 1.54) is 11.6 Å². The van der Waals surface area contributed by atoms with Gasteiger partial charge in [0, 0.05) is 18.8 Å². The van der Waals surface area contributed by atoms with Gasteiger partial charge in [0.05, 0.1) is 29.4 Å². The van der Waals surface area contributed by atoms with Gasteiger partial charge in [-0.25, -0.2) is 13.2 Å². The molecule has 2 N–H and O–H groups in total. The molecule has 1 aliphatic carbocycles. The molecule has 0 atom stereocenters. The number of aromatic carboxylic acids is 1. The molecule has 29 heavy (non-hydrogen) atoms. The lowest BCUT2D eigenvalue weighted by atomic mass is 9.92. The summed E-state index contributed by atoms with van der Waals surface area (Å²) in [6.45, 7) is 2.26. The molecule has 0 aromatic heterocycles. The summed E-state index contributed by atoms with van der Waals surface area (Å²) in [5.41, 5.74) is 3.15. The van der Waals surface area contributed by atoms with E-state index in [0.717, 1.165) is 31.2 Å². The molecular weight excluding hydrogens is 392 g/mol.